The number of aromatic nitrogens is 3. The molecule has 0 unspecified atom stereocenters. The van der Waals surface area contributed by atoms with Gasteiger partial charge in [0.05, 0.1) is 5.39 Å². The van der Waals surface area contributed by atoms with Gasteiger partial charge in [0.25, 0.3) is 5.56 Å². The zero-order valence-electron chi connectivity index (χ0n) is 11.8. The third-order valence-electron chi connectivity index (χ3n) is 3.28. The van der Waals surface area contributed by atoms with Crippen LogP contribution in [0.4, 0.5) is 0 Å². The van der Waals surface area contributed by atoms with Crippen molar-refractivity contribution in [2.75, 3.05) is 0 Å². The Balaban J connectivity index is 2.18. The maximum atomic E-state index is 12.5. The van der Waals surface area contributed by atoms with Gasteiger partial charge >= 0.3 is 0 Å². The lowest BCUT2D eigenvalue weighted by atomic mass is 10.2. The van der Waals surface area contributed by atoms with Crippen LogP contribution in [0.2, 0.25) is 5.15 Å². The van der Waals surface area contributed by atoms with Crippen molar-refractivity contribution >= 4 is 56.4 Å². The first kappa shape index (κ1) is 15.5. The Hall–Kier alpha value is -1.40. The summed E-state index contributed by atoms with van der Waals surface area (Å²) in [6, 6.07) is 2.03. The van der Waals surface area contributed by atoms with Crippen LogP contribution in [0.1, 0.15) is 16.0 Å². The summed E-state index contributed by atoms with van der Waals surface area (Å²) in [6.45, 7) is 3.91. The second kappa shape index (κ2) is 5.66. The highest BCUT2D eigenvalue weighted by Crippen LogP contribution is 2.36. The van der Waals surface area contributed by atoms with E-state index >= 15 is 0 Å². The average Bonchev–Trinajstić information content (AvgIpc) is 2.97. The van der Waals surface area contributed by atoms with E-state index in [0.29, 0.717) is 20.3 Å². The molecule has 112 valence electrons. The summed E-state index contributed by atoms with van der Waals surface area (Å²) >= 11 is 9.75. The average molecular weight is 369 g/mol. The number of aryl methyl sites for hydroxylation is 2. The van der Waals surface area contributed by atoms with E-state index in [9.17, 15) is 4.79 Å². The molecular formula is C13H9ClN4OS3. The third kappa shape index (κ3) is 2.34. The SMILES string of the molecule is Cc1sc2nc(Sc3snc(Cl)c3C#N)n(C)c(=O)c2c1C. The number of hydrogen-bond acceptors (Lipinski definition) is 7. The molecule has 0 aliphatic heterocycles. The fourth-order valence-electron chi connectivity index (χ4n) is 1.95. The molecule has 3 heterocycles. The molecule has 0 amide bonds. The molecule has 0 radical (unpaired) electrons. The van der Waals surface area contributed by atoms with Gasteiger partial charge in [-0.1, -0.05) is 11.6 Å². The molecule has 0 aromatic carbocycles. The van der Waals surface area contributed by atoms with Crippen LogP contribution in [-0.2, 0) is 7.05 Å². The lowest BCUT2D eigenvalue weighted by Gasteiger charge is -2.05. The molecule has 0 saturated carbocycles. The van der Waals surface area contributed by atoms with Crippen molar-refractivity contribution in [1.82, 2.24) is 13.9 Å². The molecule has 0 atom stereocenters. The van der Waals surface area contributed by atoms with E-state index < -0.39 is 0 Å². The molecule has 0 bridgehead atoms. The van der Waals surface area contributed by atoms with E-state index in [0.717, 1.165) is 26.8 Å². The molecule has 0 aliphatic carbocycles. The van der Waals surface area contributed by atoms with Crippen LogP contribution in [0.5, 0.6) is 0 Å². The fourth-order valence-corrected chi connectivity index (χ4v) is 5.12. The number of thiophene rings is 1. The van der Waals surface area contributed by atoms with Gasteiger partial charge in [-0.3, -0.25) is 9.36 Å². The highest BCUT2D eigenvalue weighted by Gasteiger charge is 2.19. The van der Waals surface area contributed by atoms with Crippen molar-refractivity contribution < 1.29 is 0 Å². The molecule has 5 nitrogen and oxygen atoms in total. The Morgan fingerprint density at radius 1 is 1.41 bits per heavy atom. The van der Waals surface area contributed by atoms with Crippen LogP contribution in [-0.4, -0.2) is 13.9 Å². The first-order valence-corrected chi connectivity index (χ1v) is 8.92. The normalized spacial score (nSPS) is 11.0. The number of rotatable bonds is 2. The second-order valence-electron chi connectivity index (χ2n) is 4.57. The van der Waals surface area contributed by atoms with Gasteiger partial charge in [-0.05, 0) is 42.7 Å². The first-order chi connectivity index (χ1) is 10.4. The molecule has 3 rings (SSSR count). The molecule has 3 aromatic rings. The van der Waals surface area contributed by atoms with Crippen molar-refractivity contribution in [3.63, 3.8) is 0 Å². The number of nitrogens with zero attached hydrogens (tertiary/aromatic N) is 4. The first-order valence-electron chi connectivity index (χ1n) is 6.14. The predicted octanol–water partition coefficient (Wildman–Crippen LogP) is 3.74. The molecule has 0 fully saturated rings. The van der Waals surface area contributed by atoms with Crippen molar-refractivity contribution in [3.8, 4) is 6.07 Å². The van der Waals surface area contributed by atoms with Gasteiger partial charge < -0.3 is 0 Å². The van der Waals surface area contributed by atoms with Crippen molar-refractivity contribution in [1.29, 1.82) is 5.26 Å². The maximum Gasteiger partial charge on any atom is 0.262 e. The molecular weight excluding hydrogens is 360 g/mol. The summed E-state index contributed by atoms with van der Waals surface area (Å²) in [7, 11) is 1.68. The number of nitriles is 1. The van der Waals surface area contributed by atoms with Crippen LogP contribution < -0.4 is 5.56 Å². The van der Waals surface area contributed by atoms with E-state index in [2.05, 4.69) is 9.36 Å². The van der Waals surface area contributed by atoms with Gasteiger partial charge in [-0.15, -0.1) is 11.3 Å². The van der Waals surface area contributed by atoms with E-state index in [1.54, 1.807) is 7.05 Å². The predicted molar refractivity (Wildman–Crippen MR) is 90.3 cm³/mol. The van der Waals surface area contributed by atoms with Gasteiger partial charge in [-0.2, -0.15) is 9.64 Å². The van der Waals surface area contributed by atoms with Crippen LogP contribution in [0.3, 0.4) is 0 Å². The maximum absolute atomic E-state index is 12.5. The topological polar surface area (TPSA) is 71.6 Å². The molecule has 22 heavy (non-hydrogen) atoms. The van der Waals surface area contributed by atoms with E-state index in [4.69, 9.17) is 16.9 Å². The van der Waals surface area contributed by atoms with E-state index in [1.165, 1.54) is 27.7 Å². The summed E-state index contributed by atoms with van der Waals surface area (Å²) in [5.41, 5.74) is 1.22. The Labute approximate surface area is 143 Å². The molecule has 0 N–H and O–H groups in total. The Morgan fingerprint density at radius 3 is 2.82 bits per heavy atom. The fraction of sp³-hybridized carbons (Fsp3) is 0.231. The molecule has 0 saturated heterocycles. The standard InChI is InChI=1S/C13H9ClN4OS3/c1-5-6(2)20-10-8(5)11(19)18(3)13(16-10)21-12-7(4-15)9(14)17-22-12/h1-3H3. The minimum atomic E-state index is -0.0801. The zero-order chi connectivity index (χ0) is 16.0. The Kier molecular flexibility index (Phi) is 3.99. The van der Waals surface area contributed by atoms with Crippen LogP contribution >= 0.6 is 46.2 Å². The highest BCUT2D eigenvalue weighted by atomic mass is 35.5. The quantitative estimate of drug-likeness (QED) is 0.644. The van der Waals surface area contributed by atoms with Crippen LogP contribution in [0.15, 0.2) is 14.2 Å². The lowest BCUT2D eigenvalue weighted by Crippen LogP contribution is -2.19. The summed E-state index contributed by atoms with van der Waals surface area (Å²) in [4.78, 5) is 18.9. The number of halogens is 1. The lowest BCUT2D eigenvalue weighted by molar-refractivity contribution is 0.728. The highest BCUT2D eigenvalue weighted by molar-refractivity contribution is 8.01. The summed E-state index contributed by atoms with van der Waals surface area (Å²) in [6.07, 6.45) is 0. The Morgan fingerprint density at radius 2 is 2.14 bits per heavy atom. The number of hydrogen-bond donors (Lipinski definition) is 0. The second-order valence-corrected chi connectivity index (χ2v) is 8.14. The van der Waals surface area contributed by atoms with E-state index in [-0.39, 0.29) is 10.7 Å². The summed E-state index contributed by atoms with van der Waals surface area (Å²) < 4.78 is 6.11. The van der Waals surface area contributed by atoms with Crippen molar-refractivity contribution in [2.24, 2.45) is 7.05 Å². The molecule has 3 aromatic heterocycles. The minimum Gasteiger partial charge on any atom is -0.290 e. The van der Waals surface area contributed by atoms with Gasteiger partial charge in [0.2, 0.25) is 0 Å². The summed E-state index contributed by atoms with van der Waals surface area (Å²) in [5, 5.41) is 10.5. The van der Waals surface area contributed by atoms with Gasteiger partial charge in [0.15, 0.2) is 10.3 Å². The van der Waals surface area contributed by atoms with Crippen LogP contribution in [0.25, 0.3) is 10.2 Å². The third-order valence-corrected chi connectivity index (χ3v) is 6.81. The van der Waals surface area contributed by atoms with Gasteiger partial charge in [0.1, 0.15) is 20.7 Å². The minimum absolute atomic E-state index is 0.0801. The molecule has 0 spiro atoms. The van der Waals surface area contributed by atoms with Gasteiger partial charge in [0, 0.05) is 11.9 Å². The van der Waals surface area contributed by atoms with E-state index in [1.807, 2.05) is 19.9 Å². The molecule has 0 aliphatic rings. The van der Waals surface area contributed by atoms with Crippen molar-refractivity contribution in [2.45, 2.75) is 23.2 Å². The molecule has 9 heteroatoms. The zero-order valence-corrected chi connectivity index (χ0v) is 15.0. The number of fused-ring (bicyclic) bond motifs is 1. The monoisotopic (exact) mass is 368 g/mol. The van der Waals surface area contributed by atoms with Gasteiger partial charge in [-0.25, -0.2) is 4.98 Å². The smallest absolute Gasteiger partial charge is 0.262 e. The van der Waals surface area contributed by atoms with Crippen molar-refractivity contribution in [3.05, 3.63) is 31.5 Å². The Bertz CT molecular complexity index is 996. The summed E-state index contributed by atoms with van der Waals surface area (Å²) in [5.74, 6) is 0. The largest absolute Gasteiger partial charge is 0.290 e. The van der Waals surface area contributed by atoms with Crippen LogP contribution in [0, 0.1) is 25.2 Å².